The minimum atomic E-state index is 0.793. The van der Waals surface area contributed by atoms with E-state index in [9.17, 15) is 0 Å². The summed E-state index contributed by atoms with van der Waals surface area (Å²) in [5.74, 6) is 1.59. The molecule has 0 aliphatic carbocycles. The van der Waals surface area contributed by atoms with Crippen LogP contribution in [0.2, 0.25) is 0 Å². The van der Waals surface area contributed by atoms with E-state index in [2.05, 4.69) is 122 Å². The minimum absolute atomic E-state index is 0.793. The number of fused-ring (bicyclic) bond motifs is 3. The van der Waals surface area contributed by atoms with Gasteiger partial charge in [-0.3, -0.25) is 4.57 Å². The average molecular weight is 541 g/mol. The van der Waals surface area contributed by atoms with E-state index >= 15 is 0 Å². The summed E-state index contributed by atoms with van der Waals surface area (Å²) in [7, 11) is 0. The third kappa shape index (κ3) is 3.59. The van der Waals surface area contributed by atoms with Crippen molar-refractivity contribution < 1.29 is 0 Å². The molecular weight excluding hydrogens is 520 g/mol. The van der Waals surface area contributed by atoms with Gasteiger partial charge in [0.25, 0.3) is 0 Å². The number of hydrogen-bond donors (Lipinski definition) is 0. The molecule has 0 bridgehead atoms. The summed E-state index contributed by atoms with van der Waals surface area (Å²) in [6.07, 6.45) is 0. The molecular formula is C32H21BrN4. The Bertz CT molecular complexity index is 1830. The summed E-state index contributed by atoms with van der Waals surface area (Å²) in [5, 5.41) is 11.9. The van der Waals surface area contributed by atoms with Crippen LogP contribution >= 0.6 is 15.9 Å². The zero-order valence-corrected chi connectivity index (χ0v) is 21.4. The molecule has 2 heterocycles. The van der Waals surface area contributed by atoms with Crippen LogP contribution in [0, 0.1) is 0 Å². The van der Waals surface area contributed by atoms with Crippen molar-refractivity contribution in [2.75, 3.05) is 0 Å². The van der Waals surface area contributed by atoms with Crippen molar-refractivity contribution in [2.45, 2.75) is 0 Å². The SMILES string of the molecule is Brc1ccc(-c2nnc(-c3ccccc3-n3c4ccccc4c4ccccc43)n2-c2ccccc2)cc1. The number of para-hydroxylation sites is 4. The Morgan fingerprint density at radius 3 is 1.76 bits per heavy atom. The van der Waals surface area contributed by atoms with E-state index in [1.165, 1.54) is 10.8 Å². The van der Waals surface area contributed by atoms with E-state index in [1.54, 1.807) is 0 Å². The molecule has 0 spiro atoms. The van der Waals surface area contributed by atoms with Gasteiger partial charge in [-0.15, -0.1) is 10.2 Å². The maximum atomic E-state index is 4.78. The van der Waals surface area contributed by atoms with Gasteiger partial charge in [-0.25, -0.2) is 0 Å². The lowest BCUT2D eigenvalue weighted by molar-refractivity contribution is 1.06. The number of nitrogens with zero attached hydrogens (tertiary/aromatic N) is 4. The quantitative estimate of drug-likeness (QED) is 0.224. The molecule has 0 amide bonds. The molecule has 5 heteroatoms. The van der Waals surface area contributed by atoms with Crippen LogP contribution in [0.5, 0.6) is 0 Å². The Balaban J connectivity index is 1.53. The first-order valence-electron chi connectivity index (χ1n) is 12.1. The average Bonchev–Trinajstić information content (AvgIpc) is 3.54. The van der Waals surface area contributed by atoms with Gasteiger partial charge in [0.05, 0.1) is 16.7 Å². The molecule has 0 unspecified atom stereocenters. The second kappa shape index (κ2) is 8.87. The highest BCUT2D eigenvalue weighted by atomic mass is 79.9. The second-order valence-electron chi connectivity index (χ2n) is 8.91. The summed E-state index contributed by atoms with van der Waals surface area (Å²) >= 11 is 3.55. The molecule has 5 aromatic carbocycles. The van der Waals surface area contributed by atoms with Gasteiger partial charge in [0.2, 0.25) is 0 Å². The fraction of sp³-hybridized carbons (Fsp3) is 0. The van der Waals surface area contributed by atoms with Crippen molar-refractivity contribution in [3.63, 3.8) is 0 Å². The largest absolute Gasteiger partial charge is 0.309 e. The third-order valence-electron chi connectivity index (χ3n) is 6.75. The standard InChI is InChI=1S/C32H21BrN4/c33-23-20-18-22(19-21-23)31-34-35-32(36(31)24-10-2-1-3-11-24)27-14-6-9-17-30(27)37-28-15-7-4-12-25(28)26-13-5-8-16-29(26)37/h1-21H. The summed E-state index contributed by atoms with van der Waals surface area (Å²) in [6.45, 7) is 0. The van der Waals surface area contributed by atoms with E-state index in [0.29, 0.717) is 0 Å². The third-order valence-corrected chi connectivity index (χ3v) is 7.27. The van der Waals surface area contributed by atoms with Crippen LogP contribution in [0.25, 0.3) is 56.0 Å². The van der Waals surface area contributed by atoms with Crippen molar-refractivity contribution in [2.24, 2.45) is 0 Å². The lowest BCUT2D eigenvalue weighted by Crippen LogP contribution is -2.03. The smallest absolute Gasteiger partial charge is 0.170 e. The highest BCUT2D eigenvalue weighted by molar-refractivity contribution is 9.10. The Morgan fingerprint density at radius 2 is 1.05 bits per heavy atom. The van der Waals surface area contributed by atoms with Crippen LogP contribution in [0.4, 0.5) is 0 Å². The monoisotopic (exact) mass is 540 g/mol. The van der Waals surface area contributed by atoms with Crippen molar-refractivity contribution in [1.29, 1.82) is 0 Å². The van der Waals surface area contributed by atoms with E-state index in [-0.39, 0.29) is 0 Å². The zero-order valence-electron chi connectivity index (χ0n) is 19.8. The maximum Gasteiger partial charge on any atom is 0.170 e. The van der Waals surface area contributed by atoms with Crippen molar-refractivity contribution in [3.05, 3.63) is 132 Å². The molecule has 0 N–H and O–H groups in total. The molecule has 0 fully saturated rings. The Kier molecular flexibility index (Phi) is 5.22. The van der Waals surface area contributed by atoms with Crippen LogP contribution in [0.15, 0.2) is 132 Å². The summed E-state index contributed by atoms with van der Waals surface area (Å²) < 4.78 is 5.51. The first kappa shape index (κ1) is 21.8. The van der Waals surface area contributed by atoms with Crippen LogP contribution < -0.4 is 0 Å². The van der Waals surface area contributed by atoms with Crippen molar-refractivity contribution in [1.82, 2.24) is 19.3 Å². The molecule has 7 aromatic rings. The van der Waals surface area contributed by atoms with Gasteiger partial charge in [0, 0.05) is 32.1 Å². The molecule has 0 saturated heterocycles. The molecule has 0 atom stereocenters. The predicted octanol–water partition coefficient (Wildman–Crippen LogP) is 8.46. The van der Waals surface area contributed by atoms with Crippen molar-refractivity contribution >= 4 is 37.7 Å². The fourth-order valence-electron chi connectivity index (χ4n) is 5.11. The highest BCUT2D eigenvalue weighted by Crippen LogP contribution is 2.37. The lowest BCUT2D eigenvalue weighted by atomic mass is 10.1. The van der Waals surface area contributed by atoms with Crippen LogP contribution in [-0.2, 0) is 0 Å². The van der Waals surface area contributed by atoms with Gasteiger partial charge in [-0.2, -0.15) is 0 Å². The van der Waals surface area contributed by atoms with E-state index < -0.39 is 0 Å². The molecule has 176 valence electrons. The number of aromatic nitrogens is 4. The zero-order chi connectivity index (χ0) is 24.8. The maximum absolute atomic E-state index is 4.78. The molecule has 4 nitrogen and oxygen atoms in total. The Morgan fingerprint density at radius 1 is 0.486 bits per heavy atom. The lowest BCUT2D eigenvalue weighted by Gasteiger charge is -2.15. The van der Waals surface area contributed by atoms with E-state index in [1.807, 2.05) is 30.3 Å². The van der Waals surface area contributed by atoms with E-state index in [4.69, 9.17) is 10.2 Å². The number of benzene rings is 5. The molecule has 7 rings (SSSR count). The number of halogens is 1. The molecule has 0 saturated carbocycles. The first-order valence-corrected chi connectivity index (χ1v) is 12.9. The molecule has 0 aliphatic heterocycles. The van der Waals surface area contributed by atoms with Crippen LogP contribution in [0.1, 0.15) is 0 Å². The molecule has 0 aliphatic rings. The van der Waals surface area contributed by atoms with Crippen LogP contribution in [-0.4, -0.2) is 19.3 Å². The van der Waals surface area contributed by atoms with Gasteiger partial charge in [0.15, 0.2) is 11.6 Å². The molecule has 0 radical (unpaired) electrons. The predicted molar refractivity (Wildman–Crippen MR) is 154 cm³/mol. The van der Waals surface area contributed by atoms with Gasteiger partial charge < -0.3 is 4.57 Å². The van der Waals surface area contributed by atoms with E-state index in [0.717, 1.165) is 49.7 Å². The normalized spacial score (nSPS) is 11.4. The van der Waals surface area contributed by atoms with Crippen LogP contribution in [0.3, 0.4) is 0 Å². The Labute approximate surface area is 222 Å². The summed E-state index contributed by atoms with van der Waals surface area (Å²) in [4.78, 5) is 0. The van der Waals surface area contributed by atoms with Gasteiger partial charge in [0.1, 0.15) is 0 Å². The summed E-state index contributed by atoms with van der Waals surface area (Å²) in [6, 6.07) is 44.1. The topological polar surface area (TPSA) is 35.6 Å². The highest BCUT2D eigenvalue weighted by Gasteiger charge is 2.21. The molecule has 37 heavy (non-hydrogen) atoms. The number of hydrogen-bond acceptors (Lipinski definition) is 2. The molecule has 2 aromatic heterocycles. The Hall–Kier alpha value is -4.48. The fourth-order valence-corrected chi connectivity index (χ4v) is 5.37. The minimum Gasteiger partial charge on any atom is -0.309 e. The number of rotatable bonds is 4. The first-order chi connectivity index (χ1) is 18.3. The summed E-state index contributed by atoms with van der Waals surface area (Å²) in [5.41, 5.74) is 6.41. The van der Waals surface area contributed by atoms with Gasteiger partial charge >= 0.3 is 0 Å². The van der Waals surface area contributed by atoms with Crippen molar-refractivity contribution in [3.8, 4) is 34.2 Å². The second-order valence-corrected chi connectivity index (χ2v) is 9.83. The van der Waals surface area contributed by atoms with Gasteiger partial charge in [-0.05, 0) is 48.5 Å². The van der Waals surface area contributed by atoms with Gasteiger partial charge in [-0.1, -0.05) is 94.8 Å².